The molecule has 6 nitrogen and oxygen atoms in total. The second-order valence-electron chi connectivity index (χ2n) is 9.81. The number of anilines is 2. The van der Waals surface area contributed by atoms with E-state index in [0.717, 1.165) is 85.1 Å². The maximum absolute atomic E-state index is 6.26. The summed E-state index contributed by atoms with van der Waals surface area (Å²) in [4.78, 5) is 11.9. The van der Waals surface area contributed by atoms with Crippen molar-refractivity contribution < 1.29 is 4.74 Å². The zero-order chi connectivity index (χ0) is 26.5. The van der Waals surface area contributed by atoms with Gasteiger partial charge in [-0.25, -0.2) is 4.98 Å². The molecule has 0 atom stereocenters. The average Bonchev–Trinajstić information content (AvgIpc) is 3.36. The Balaban J connectivity index is 1.49. The van der Waals surface area contributed by atoms with E-state index in [4.69, 9.17) is 10.5 Å². The molecule has 2 aromatic heterocycles. The molecule has 2 aromatic carbocycles. The lowest BCUT2D eigenvalue weighted by Gasteiger charge is -2.26. The lowest BCUT2D eigenvalue weighted by atomic mass is 10.1. The molecule has 1 aliphatic rings. The van der Waals surface area contributed by atoms with Gasteiger partial charge in [0.2, 0.25) is 0 Å². The van der Waals surface area contributed by atoms with E-state index in [1.807, 2.05) is 13.0 Å². The molecule has 0 spiro atoms. The van der Waals surface area contributed by atoms with Crippen LogP contribution in [0, 0.1) is 6.92 Å². The number of aromatic nitrogens is 2. The summed E-state index contributed by atoms with van der Waals surface area (Å²) in [5.74, 6) is 0.512. The number of allylic oxidation sites excluding steroid dienone is 1. The molecule has 5 rings (SSSR count). The zero-order valence-electron chi connectivity index (χ0n) is 22.5. The number of unbranched alkanes of at least 4 members (excludes halogenated alkanes) is 1. The first-order valence-corrected chi connectivity index (χ1v) is 14.6. The maximum atomic E-state index is 6.26. The number of H-pyrrole nitrogens is 1. The standard InChI is InChI=1S/C31H37N5OS/c1-4-5-6-27(23-8-10-25(38-3)11-9-23)35-31-21(2)33-30(32)19-26(31)29-18-24-17-22(7-12-28(24)34-29)20-36-13-15-37-16-14-36/h6-12,17-19,34-35H,4-5,13-16,20H2,1-3H3,(H2,32,33)/b27-6-. The van der Waals surface area contributed by atoms with Crippen molar-refractivity contribution in [2.24, 2.45) is 0 Å². The number of benzene rings is 2. The highest BCUT2D eigenvalue weighted by Crippen LogP contribution is 2.36. The summed E-state index contributed by atoms with van der Waals surface area (Å²) in [7, 11) is 0. The molecule has 0 unspecified atom stereocenters. The largest absolute Gasteiger partial charge is 0.384 e. The predicted molar refractivity (Wildman–Crippen MR) is 162 cm³/mol. The van der Waals surface area contributed by atoms with Crippen molar-refractivity contribution in [3.63, 3.8) is 0 Å². The third-order valence-electron chi connectivity index (χ3n) is 7.00. The van der Waals surface area contributed by atoms with Crippen LogP contribution < -0.4 is 11.1 Å². The van der Waals surface area contributed by atoms with Crippen molar-refractivity contribution in [2.45, 2.75) is 38.1 Å². The Morgan fingerprint density at radius 2 is 1.92 bits per heavy atom. The van der Waals surface area contributed by atoms with Crippen LogP contribution in [0.3, 0.4) is 0 Å². The van der Waals surface area contributed by atoms with Gasteiger partial charge < -0.3 is 20.8 Å². The Hall–Kier alpha value is -3.26. The molecular formula is C31H37N5OS. The molecule has 1 saturated heterocycles. The second-order valence-corrected chi connectivity index (χ2v) is 10.7. The molecule has 1 fully saturated rings. The van der Waals surface area contributed by atoms with Crippen LogP contribution in [0.15, 0.2) is 65.6 Å². The normalized spacial score (nSPS) is 14.8. The minimum Gasteiger partial charge on any atom is -0.384 e. The lowest BCUT2D eigenvalue weighted by Crippen LogP contribution is -2.35. The topological polar surface area (TPSA) is 79.2 Å². The first-order valence-electron chi connectivity index (χ1n) is 13.3. The van der Waals surface area contributed by atoms with Crippen molar-refractivity contribution in [1.29, 1.82) is 0 Å². The average molecular weight is 528 g/mol. The van der Waals surface area contributed by atoms with E-state index in [1.54, 1.807) is 11.8 Å². The van der Waals surface area contributed by atoms with Gasteiger partial charge in [0, 0.05) is 52.4 Å². The Labute approximate surface area is 229 Å². The van der Waals surface area contributed by atoms with Crippen LogP contribution in [0.1, 0.15) is 36.6 Å². The molecule has 198 valence electrons. The number of ether oxygens (including phenoxy) is 1. The smallest absolute Gasteiger partial charge is 0.124 e. The Morgan fingerprint density at radius 3 is 2.66 bits per heavy atom. The van der Waals surface area contributed by atoms with Crippen LogP contribution in [0.25, 0.3) is 27.9 Å². The van der Waals surface area contributed by atoms with Gasteiger partial charge in [-0.05, 0) is 67.1 Å². The van der Waals surface area contributed by atoms with Gasteiger partial charge in [-0.1, -0.05) is 37.6 Å². The molecule has 7 heteroatoms. The van der Waals surface area contributed by atoms with Gasteiger partial charge in [-0.2, -0.15) is 0 Å². The quantitative estimate of drug-likeness (QED) is 0.205. The van der Waals surface area contributed by atoms with E-state index >= 15 is 0 Å². The van der Waals surface area contributed by atoms with Crippen LogP contribution in [0.2, 0.25) is 0 Å². The highest BCUT2D eigenvalue weighted by atomic mass is 32.2. The summed E-state index contributed by atoms with van der Waals surface area (Å²) in [5.41, 5.74) is 14.8. The van der Waals surface area contributed by atoms with Crippen LogP contribution in [0.4, 0.5) is 11.5 Å². The molecule has 4 aromatic rings. The molecule has 1 aliphatic heterocycles. The number of pyridine rings is 1. The van der Waals surface area contributed by atoms with Crippen LogP contribution in [-0.2, 0) is 11.3 Å². The van der Waals surface area contributed by atoms with Crippen molar-refractivity contribution in [3.8, 4) is 11.3 Å². The van der Waals surface area contributed by atoms with Gasteiger partial charge >= 0.3 is 0 Å². The number of nitrogen functional groups attached to an aromatic ring is 1. The number of fused-ring (bicyclic) bond motifs is 1. The Bertz CT molecular complexity index is 1420. The first-order chi connectivity index (χ1) is 18.5. The summed E-state index contributed by atoms with van der Waals surface area (Å²) in [5, 5.41) is 4.93. The minimum absolute atomic E-state index is 0.512. The third-order valence-corrected chi connectivity index (χ3v) is 7.75. The Morgan fingerprint density at radius 1 is 1.13 bits per heavy atom. The molecule has 38 heavy (non-hydrogen) atoms. The van der Waals surface area contributed by atoms with E-state index in [1.165, 1.54) is 15.8 Å². The number of thioether (sulfide) groups is 1. The van der Waals surface area contributed by atoms with Gasteiger partial charge in [-0.15, -0.1) is 11.8 Å². The third kappa shape index (κ3) is 6.07. The van der Waals surface area contributed by atoms with E-state index in [0.29, 0.717) is 5.82 Å². The molecule has 0 aliphatic carbocycles. The number of nitrogens with one attached hydrogen (secondary N) is 2. The molecule has 0 radical (unpaired) electrons. The van der Waals surface area contributed by atoms with Crippen LogP contribution in [-0.4, -0.2) is 47.4 Å². The van der Waals surface area contributed by atoms with Gasteiger partial charge in [-0.3, -0.25) is 4.90 Å². The van der Waals surface area contributed by atoms with Crippen molar-refractivity contribution in [2.75, 3.05) is 43.6 Å². The second kappa shape index (κ2) is 12.1. The molecule has 0 saturated carbocycles. The first kappa shape index (κ1) is 26.4. The summed E-state index contributed by atoms with van der Waals surface area (Å²) in [6, 6.07) is 19.6. The van der Waals surface area contributed by atoms with Gasteiger partial charge in [0.15, 0.2) is 0 Å². The fourth-order valence-corrected chi connectivity index (χ4v) is 5.35. The van der Waals surface area contributed by atoms with Crippen molar-refractivity contribution in [1.82, 2.24) is 14.9 Å². The molecule has 0 bridgehead atoms. The van der Waals surface area contributed by atoms with E-state index < -0.39 is 0 Å². The van der Waals surface area contributed by atoms with Gasteiger partial charge in [0.1, 0.15) is 5.82 Å². The number of rotatable bonds is 9. The summed E-state index contributed by atoms with van der Waals surface area (Å²) in [6.07, 6.45) is 6.44. The van der Waals surface area contributed by atoms with Gasteiger partial charge in [0.25, 0.3) is 0 Å². The lowest BCUT2D eigenvalue weighted by molar-refractivity contribution is 0.0342. The highest BCUT2D eigenvalue weighted by molar-refractivity contribution is 7.98. The molecular weight excluding hydrogens is 490 g/mol. The number of aryl methyl sites for hydroxylation is 1. The fraction of sp³-hybridized carbons (Fsp3) is 0.323. The summed E-state index contributed by atoms with van der Waals surface area (Å²) >= 11 is 1.75. The molecule has 0 amide bonds. The van der Waals surface area contributed by atoms with E-state index in [2.05, 4.69) is 88.0 Å². The van der Waals surface area contributed by atoms with Crippen molar-refractivity contribution >= 4 is 39.9 Å². The minimum atomic E-state index is 0.512. The van der Waals surface area contributed by atoms with E-state index in [-0.39, 0.29) is 0 Å². The number of aromatic amines is 1. The molecule has 3 heterocycles. The van der Waals surface area contributed by atoms with Crippen LogP contribution in [0.5, 0.6) is 0 Å². The summed E-state index contributed by atoms with van der Waals surface area (Å²) < 4.78 is 5.51. The fourth-order valence-electron chi connectivity index (χ4n) is 4.94. The van der Waals surface area contributed by atoms with Crippen molar-refractivity contribution in [3.05, 3.63) is 77.5 Å². The van der Waals surface area contributed by atoms with E-state index in [9.17, 15) is 0 Å². The SMILES string of the molecule is CCC/C=C(\Nc1c(-c2cc3cc(CN4CCOCC4)ccc3[nH]2)cc(N)nc1C)c1ccc(SC)cc1. The summed E-state index contributed by atoms with van der Waals surface area (Å²) in [6.45, 7) is 8.74. The molecule has 4 N–H and O–H groups in total. The number of nitrogens with zero attached hydrogens (tertiary/aromatic N) is 2. The Kier molecular flexibility index (Phi) is 8.37. The van der Waals surface area contributed by atoms with Gasteiger partial charge in [0.05, 0.1) is 24.6 Å². The number of hydrogen-bond acceptors (Lipinski definition) is 6. The predicted octanol–water partition coefficient (Wildman–Crippen LogP) is 6.93. The number of morpholine rings is 1. The zero-order valence-corrected chi connectivity index (χ0v) is 23.3. The maximum Gasteiger partial charge on any atom is 0.124 e. The number of hydrogen-bond donors (Lipinski definition) is 3. The monoisotopic (exact) mass is 527 g/mol. The van der Waals surface area contributed by atoms with Crippen LogP contribution >= 0.6 is 11.8 Å². The highest BCUT2D eigenvalue weighted by Gasteiger charge is 2.16. The number of nitrogens with two attached hydrogens (primary N) is 1.